The van der Waals surface area contributed by atoms with Gasteiger partial charge in [-0.2, -0.15) is 8.42 Å². The topological polar surface area (TPSA) is 125 Å². The molecule has 0 bridgehead atoms. The van der Waals surface area contributed by atoms with Gasteiger partial charge in [-0.15, -0.1) is 0 Å². The maximum Gasteiger partial charge on any atom is 0.338 e. The van der Waals surface area contributed by atoms with Crippen LogP contribution in [0.25, 0.3) is 0 Å². The summed E-state index contributed by atoms with van der Waals surface area (Å²) in [4.78, 5) is 25.0. The number of rotatable bonds is 7. The quantitative estimate of drug-likeness (QED) is 0.461. The normalized spacial score (nSPS) is 17.5. The van der Waals surface area contributed by atoms with Gasteiger partial charge in [0.15, 0.2) is 5.37 Å². The molecule has 1 aliphatic heterocycles. The van der Waals surface area contributed by atoms with E-state index in [1.54, 1.807) is 31.2 Å². The van der Waals surface area contributed by atoms with Gasteiger partial charge in [-0.1, -0.05) is 29.8 Å². The Bertz CT molecular complexity index is 826. The van der Waals surface area contributed by atoms with Crippen molar-refractivity contribution >= 4 is 33.7 Å². The Morgan fingerprint density at radius 1 is 1.42 bits per heavy atom. The molecule has 1 unspecified atom stereocenters. The number of halogens is 1. The van der Waals surface area contributed by atoms with Gasteiger partial charge in [-0.05, 0) is 18.6 Å². The molecule has 142 valence electrons. The molecule has 11 heteroatoms. The number of carbonyl (C=O) groups excluding carboxylic acids is 2. The zero-order valence-electron chi connectivity index (χ0n) is 13.8. The maximum absolute atomic E-state index is 11.9. The highest BCUT2D eigenvalue weighted by atomic mass is 35.5. The molecule has 0 radical (unpaired) electrons. The number of nitrogens with zero attached hydrogens (tertiary/aromatic N) is 1. The first-order chi connectivity index (χ1) is 12.2. The molecule has 3 N–H and O–H groups in total. The smallest absolute Gasteiger partial charge is 0.338 e. The van der Waals surface area contributed by atoms with Crippen LogP contribution in [0.3, 0.4) is 0 Å². The van der Waals surface area contributed by atoms with Crippen LogP contribution in [0.4, 0.5) is 4.79 Å². The SMILES string of the molecule is CCOC(=O)c1ccccc1CNCN1C=C(Cl)C(S(=O)(=O)O)NC1=O. The van der Waals surface area contributed by atoms with E-state index in [2.05, 4.69) is 10.6 Å². The van der Waals surface area contributed by atoms with Crippen LogP contribution >= 0.6 is 11.6 Å². The van der Waals surface area contributed by atoms with E-state index in [4.69, 9.17) is 20.9 Å². The first kappa shape index (κ1) is 20.2. The monoisotopic (exact) mass is 403 g/mol. The fourth-order valence-corrected chi connectivity index (χ4v) is 3.37. The third-order valence-corrected chi connectivity index (χ3v) is 4.87. The minimum absolute atomic E-state index is 0.00257. The molecule has 0 spiro atoms. The lowest BCUT2D eigenvalue weighted by Crippen LogP contribution is -2.52. The second kappa shape index (κ2) is 8.49. The highest BCUT2D eigenvalue weighted by molar-refractivity contribution is 7.86. The van der Waals surface area contributed by atoms with Crippen molar-refractivity contribution in [3.05, 3.63) is 46.6 Å². The van der Waals surface area contributed by atoms with E-state index in [1.165, 1.54) is 0 Å². The summed E-state index contributed by atoms with van der Waals surface area (Å²) in [5, 5.41) is 3.11. The van der Waals surface area contributed by atoms with Crippen LogP contribution in [0, 0.1) is 0 Å². The average Bonchev–Trinajstić information content (AvgIpc) is 2.57. The Kier molecular flexibility index (Phi) is 6.59. The molecule has 2 rings (SSSR count). The van der Waals surface area contributed by atoms with Gasteiger partial charge in [-0.3, -0.25) is 14.8 Å². The fourth-order valence-electron chi connectivity index (χ4n) is 2.27. The molecule has 2 amide bonds. The number of ether oxygens (including phenoxy) is 1. The van der Waals surface area contributed by atoms with E-state index in [0.717, 1.165) is 11.1 Å². The van der Waals surface area contributed by atoms with Crippen molar-refractivity contribution in [1.82, 2.24) is 15.5 Å². The van der Waals surface area contributed by atoms with Gasteiger partial charge in [0.25, 0.3) is 10.1 Å². The molecule has 0 aliphatic carbocycles. The van der Waals surface area contributed by atoms with Crippen molar-refractivity contribution in [1.29, 1.82) is 0 Å². The lowest BCUT2D eigenvalue weighted by Gasteiger charge is -2.28. The van der Waals surface area contributed by atoms with Crippen molar-refractivity contribution in [3.63, 3.8) is 0 Å². The number of hydrogen-bond donors (Lipinski definition) is 3. The van der Waals surface area contributed by atoms with Crippen molar-refractivity contribution in [2.24, 2.45) is 0 Å². The summed E-state index contributed by atoms with van der Waals surface area (Å²) < 4.78 is 36.3. The van der Waals surface area contributed by atoms with E-state index in [-0.39, 0.29) is 24.9 Å². The van der Waals surface area contributed by atoms with Crippen molar-refractivity contribution < 1.29 is 27.3 Å². The average molecular weight is 404 g/mol. The third kappa shape index (κ3) is 4.94. The predicted octanol–water partition coefficient (Wildman–Crippen LogP) is 1.23. The second-order valence-electron chi connectivity index (χ2n) is 5.29. The van der Waals surface area contributed by atoms with Gasteiger partial charge in [-0.25, -0.2) is 9.59 Å². The number of hydrogen-bond acceptors (Lipinski definition) is 6. The van der Waals surface area contributed by atoms with Gasteiger partial charge >= 0.3 is 12.0 Å². The number of esters is 1. The first-order valence-electron chi connectivity index (χ1n) is 7.60. The largest absolute Gasteiger partial charge is 0.462 e. The molecule has 1 atom stereocenters. The summed E-state index contributed by atoms with van der Waals surface area (Å²) in [6.45, 7) is 2.22. The van der Waals surface area contributed by atoms with Crippen LogP contribution in [0.1, 0.15) is 22.8 Å². The second-order valence-corrected chi connectivity index (χ2v) is 7.23. The summed E-state index contributed by atoms with van der Waals surface area (Å²) in [5.41, 5.74) is 1.08. The summed E-state index contributed by atoms with van der Waals surface area (Å²) >= 11 is 5.80. The minimum atomic E-state index is -4.55. The van der Waals surface area contributed by atoms with Crippen LogP contribution in [-0.4, -0.2) is 48.5 Å². The minimum Gasteiger partial charge on any atom is -0.462 e. The molecule has 0 saturated carbocycles. The Morgan fingerprint density at radius 3 is 2.77 bits per heavy atom. The zero-order chi connectivity index (χ0) is 19.3. The van der Waals surface area contributed by atoms with Crippen LogP contribution in [0.5, 0.6) is 0 Å². The Balaban J connectivity index is 2.02. The molecule has 0 fully saturated rings. The first-order valence-corrected chi connectivity index (χ1v) is 9.48. The summed E-state index contributed by atoms with van der Waals surface area (Å²) in [6.07, 6.45) is 1.11. The van der Waals surface area contributed by atoms with E-state index in [1.807, 2.05) is 0 Å². The number of benzene rings is 1. The van der Waals surface area contributed by atoms with Gasteiger partial charge in [0.1, 0.15) is 0 Å². The molecule has 0 saturated heterocycles. The van der Waals surface area contributed by atoms with E-state index in [0.29, 0.717) is 11.1 Å². The van der Waals surface area contributed by atoms with Crippen molar-refractivity contribution in [3.8, 4) is 0 Å². The van der Waals surface area contributed by atoms with Gasteiger partial charge in [0.2, 0.25) is 0 Å². The highest BCUT2D eigenvalue weighted by Gasteiger charge is 2.34. The van der Waals surface area contributed by atoms with Crippen LogP contribution in [-0.2, 0) is 21.4 Å². The van der Waals surface area contributed by atoms with E-state index in [9.17, 15) is 18.0 Å². The lowest BCUT2D eigenvalue weighted by atomic mass is 10.1. The highest BCUT2D eigenvalue weighted by Crippen LogP contribution is 2.19. The van der Waals surface area contributed by atoms with Gasteiger partial charge in [0.05, 0.1) is 23.9 Å². The third-order valence-electron chi connectivity index (χ3n) is 3.45. The van der Waals surface area contributed by atoms with E-state index < -0.39 is 27.5 Å². The molecular formula is C15H18ClN3O6S. The van der Waals surface area contributed by atoms with Crippen LogP contribution < -0.4 is 10.6 Å². The fraction of sp³-hybridized carbons (Fsp3) is 0.333. The van der Waals surface area contributed by atoms with E-state index >= 15 is 0 Å². The Labute approximate surface area is 155 Å². The summed E-state index contributed by atoms with van der Waals surface area (Å²) in [5.74, 6) is -0.445. The zero-order valence-corrected chi connectivity index (χ0v) is 15.4. The molecule has 9 nitrogen and oxygen atoms in total. The molecule has 1 aromatic rings. The molecule has 1 heterocycles. The van der Waals surface area contributed by atoms with Gasteiger partial charge in [0, 0.05) is 12.7 Å². The predicted molar refractivity (Wildman–Crippen MR) is 93.7 cm³/mol. The number of amides is 2. The maximum atomic E-state index is 11.9. The number of urea groups is 1. The standard InChI is InChI=1S/C15H18ClN3O6S/c1-2-25-14(20)11-6-4-3-5-10(11)7-17-9-19-8-12(16)13(18-15(19)21)26(22,23)24/h3-6,8,13,17H,2,7,9H2,1H3,(H,18,21)(H,22,23,24). The molecule has 26 heavy (non-hydrogen) atoms. The number of carbonyl (C=O) groups is 2. The Morgan fingerprint density at radius 2 is 2.12 bits per heavy atom. The molecule has 1 aliphatic rings. The Hall–Kier alpha value is -2.14. The van der Waals surface area contributed by atoms with Crippen molar-refractivity contribution in [2.75, 3.05) is 13.3 Å². The molecule has 0 aromatic heterocycles. The summed E-state index contributed by atoms with van der Waals surface area (Å²) in [6, 6.07) is 6.11. The molecular weight excluding hydrogens is 386 g/mol. The summed E-state index contributed by atoms with van der Waals surface area (Å²) in [7, 11) is -4.55. The van der Waals surface area contributed by atoms with Crippen LogP contribution in [0.15, 0.2) is 35.5 Å². The van der Waals surface area contributed by atoms with Crippen LogP contribution in [0.2, 0.25) is 0 Å². The molecule has 1 aromatic carbocycles. The van der Waals surface area contributed by atoms with Gasteiger partial charge < -0.3 is 10.1 Å². The number of nitrogens with one attached hydrogen (secondary N) is 2. The van der Waals surface area contributed by atoms with Crippen molar-refractivity contribution in [2.45, 2.75) is 18.8 Å². The lowest BCUT2D eigenvalue weighted by molar-refractivity contribution is 0.0524.